The maximum atomic E-state index is 13.7. The van der Waals surface area contributed by atoms with Crippen molar-refractivity contribution in [2.75, 3.05) is 5.32 Å². The predicted octanol–water partition coefficient (Wildman–Crippen LogP) is 4.07. The molecule has 0 aliphatic heterocycles. The Hall–Kier alpha value is -4.93. The molecule has 4 N–H and O–H groups in total. The third-order valence-electron chi connectivity index (χ3n) is 4.96. The molecule has 0 saturated carbocycles. The molecule has 11 heteroatoms. The molecule has 1 aromatic heterocycles. The fraction of sp³-hybridized carbons (Fsp3) is 0. The van der Waals surface area contributed by atoms with Gasteiger partial charge in [-0.1, -0.05) is 18.2 Å². The standard InChI is InChI=1S/C23H14F2N4O5/c24-17-6-3-11(8-18(17)25)12-1-5-15(23(33)34)19(9-12)27-21(30)16-7-13(20-10-26-29-28-20)2-4-14(16)22(31)32/h1-10H,(H,27,30)(H,31,32)(H,33,34)(H,26,28,29). The number of halogens is 2. The minimum absolute atomic E-state index is 0.164. The number of carboxylic acid groups (broad SMARTS) is 2. The number of hydrogen-bond donors (Lipinski definition) is 4. The fourth-order valence-electron chi connectivity index (χ4n) is 3.30. The number of aromatic nitrogens is 3. The second-order valence-corrected chi connectivity index (χ2v) is 7.07. The van der Waals surface area contributed by atoms with Gasteiger partial charge in [0.25, 0.3) is 5.91 Å². The Balaban J connectivity index is 1.76. The molecule has 4 aromatic rings. The molecule has 1 amide bonds. The van der Waals surface area contributed by atoms with Gasteiger partial charge in [0, 0.05) is 5.56 Å². The second-order valence-electron chi connectivity index (χ2n) is 7.07. The van der Waals surface area contributed by atoms with Crippen LogP contribution in [0.5, 0.6) is 0 Å². The largest absolute Gasteiger partial charge is 0.478 e. The minimum atomic E-state index is -1.37. The van der Waals surface area contributed by atoms with Crippen LogP contribution in [0, 0.1) is 11.6 Å². The van der Waals surface area contributed by atoms with E-state index < -0.39 is 29.5 Å². The highest BCUT2D eigenvalue weighted by molar-refractivity contribution is 6.13. The van der Waals surface area contributed by atoms with E-state index in [0.717, 1.165) is 12.1 Å². The number of nitrogens with zero attached hydrogens (tertiary/aromatic N) is 2. The van der Waals surface area contributed by atoms with Crippen LogP contribution in [-0.4, -0.2) is 43.5 Å². The molecule has 170 valence electrons. The summed E-state index contributed by atoms with van der Waals surface area (Å²) >= 11 is 0. The van der Waals surface area contributed by atoms with Gasteiger partial charge in [0.15, 0.2) is 11.6 Å². The Labute approximate surface area is 189 Å². The number of aromatic carboxylic acids is 2. The molecule has 4 rings (SSSR count). The number of rotatable bonds is 6. The number of nitrogens with one attached hydrogen (secondary N) is 2. The van der Waals surface area contributed by atoms with Gasteiger partial charge in [-0.05, 0) is 47.5 Å². The molecule has 34 heavy (non-hydrogen) atoms. The summed E-state index contributed by atoms with van der Waals surface area (Å²) in [5, 5.41) is 31.4. The van der Waals surface area contributed by atoms with Crippen molar-refractivity contribution in [1.29, 1.82) is 0 Å². The minimum Gasteiger partial charge on any atom is -0.478 e. The first-order valence-corrected chi connectivity index (χ1v) is 9.62. The van der Waals surface area contributed by atoms with Gasteiger partial charge < -0.3 is 15.5 Å². The van der Waals surface area contributed by atoms with E-state index in [1.807, 2.05) is 0 Å². The zero-order chi connectivity index (χ0) is 24.4. The van der Waals surface area contributed by atoms with Crippen molar-refractivity contribution in [3.63, 3.8) is 0 Å². The van der Waals surface area contributed by atoms with Crippen molar-refractivity contribution < 1.29 is 33.4 Å². The van der Waals surface area contributed by atoms with E-state index in [9.17, 15) is 33.4 Å². The first kappa shape index (κ1) is 22.3. The lowest BCUT2D eigenvalue weighted by molar-refractivity contribution is 0.0684. The smallest absolute Gasteiger partial charge is 0.337 e. The van der Waals surface area contributed by atoms with Gasteiger partial charge in [-0.25, -0.2) is 18.4 Å². The average Bonchev–Trinajstić information content (AvgIpc) is 3.35. The van der Waals surface area contributed by atoms with E-state index in [0.29, 0.717) is 16.8 Å². The summed E-state index contributed by atoms with van der Waals surface area (Å²) in [5.74, 6) is -5.77. The van der Waals surface area contributed by atoms with E-state index in [-0.39, 0.29) is 27.9 Å². The summed E-state index contributed by atoms with van der Waals surface area (Å²) in [6.45, 7) is 0. The topological polar surface area (TPSA) is 145 Å². The van der Waals surface area contributed by atoms with Gasteiger partial charge in [-0.15, -0.1) is 0 Å². The SMILES string of the molecule is O=C(O)c1ccc(-c2ccc(F)c(F)c2)cc1NC(=O)c1cc(-c2cn[nH]n2)ccc1C(=O)O. The van der Waals surface area contributed by atoms with Gasteiger partial charge >= 0.3 is 11.9 Å². The molecule has 1 heterocycles. The molecule has 0 atom stereocenters. The van der Waals surface area contributed by atoms with E-state index in [4.69, 9.17) is 0 Å². The number of hydrogen-bond acceptors (Lipinski definition) is 5. The Bertz CT molecular complexity index is 1440. The normalized spacial score (nSPS) is 10.6. The molecule has 0 bridgehead atoms. The summed E-state index contributed by atoms with van der Waals surface area (Å²) in [6.07, 6.45) is 1.38. The molecule has 0 aliphatic rings. The molecule has 0 fully saturated rings. The van der Waals surface area contributed by atoms with Crippen molar-refractivity contribution in [1.82, 2.24) is 15.4 Å². The summed E-state index contributed by atoms with van der Waals surface area (Å²) in [5.41, 5.74) is 0.281. The van der Waals surface area contributed by atoms with Crippen LogP contribution in [0.4, 0.5) is 14.5 Å². The summed E-state index contributed by atoms with van der Waals surface area (Å²) in [4.78, 5) is 36.4. The van der Waals surface area contributed by atoms with Crippen molar-refractivity contribution in [2.45, 2.75) is 0 Å². The highest BCUT2D eigenvalue weighted by Gasteiger charge is 2.21. The maximum Gasteiger partial charge on any atom is 0.337 e. The lowest BCUT2D eigenvalue weighted by atomic mass is 10.00. The number of anilines is 1. The Morgan fingerprint density at radius 2 is 1.41 bits per heavy atom. The molecular weight excluding hydrogens is 450 g/mol. The molecule has 3 aromatic carbocycles. The number of benzene rings is 3. The summed E-state index contributed by atoms with van der Waals surface area (Å²) in [7, 11) is 0. The van der Waals surface area contributed by atoms with Crippen LogP contribution in [0.1, 0.15) is 31.1 Å². The van der Waals surface area contributed by atoms with Gasteiger partial charge in [-0.3, -0.25) is 4.79 Å². The number of aromatic amines is 1. The third kappa shape index (κ3) is 4.35. The fourth-order valence-corrected chi connectivity index (χ4v) is 3.30. The van der Waals surface area contributed by atoms with E-state index in [1.165, 1.54) is 48.7 Å². The van der Waals surface area contributed by atoms with E-state index >= 15 is 0 Å². The lowest BCUT2D eigenvalue weighted by Crippen LogP contribution is -2.18. The number of carboxylic acids is 2. The molecule has 0 radical (unpaired) electrons. The number of amides is 1. The first-order chi connectivity index (χ1) is 16.2. The first-order valence-electron chi connectivity index (χ1n) is 9.62. The van der Waals surface area contributed by atoms with Crippen LogP contribution in [-0.2, 0) is 0 Å². The van der Waals surface area contributed by atoms with E-state index in [2.05, 4.69) is 20.7 Å². The summed E-state index contributed by atoms with van der Waals surface area (Å²) in [6, 6.07) is 10.9. The van der Waals surface area contributed by atoms with Crippen LogP contribution in [0.25, 0.3) is 22.4 Å². The molecular formula is C23H14F2N4O5. The Kier molecular flexibility index (Phi) is 5.83. The third-order valence-corrected chi connectivity index (χ3v) is 4.96. The van der Waals surface area contributed by atoms with Crippen molar-refractivity contribution >= 4 is 23.5 Å². The van der Waals surface area contributed by atoms with Gasteiger partial charge in [0.1, 0.15) is 5.69 Å². The average molecular weight is 464 g/mol. The lowest BCUT2D eigenvalue weighted by Gasteiger charge is -2.13. The maximum absolute atomic E-state index is 13.7. The van der Waals surface area contributed by atoms with Crippen molar-refractivity contribution in [2.24, 2.45) is 0 Å². The number of H-pyrrole nitrogens is 1. The zero-order valence-electron chi connectivity index (χ0n) is 17.0. The van der Waals surface area contributed by atoms with Crippen molar-refractivity contribution in [3.05, 3.63) is 89.1 Å². The van der Waals surface area contributed by atoms with Crippen LogP contribution in [0.15, 0.2) is 60.8 Å². The number of carbonyl (C=O) groups is 3. The monoisotopic (exact) mass is 464 g/mol. The second kappa shape index (κ2) is 8.90. The van der Waals surface area contributed by atoms with E-state index in [1.54, 1.807) is 0 Å². The number of carbonyl (C=O) groups excluding carboxylic acids is 1. The predicted molar refractivity (Wildman–Crippen MR) is 115 cm³/mol. The van der Waals surface area contributed by atoms with Crippen LogP contribution >= 0.6 is 0 Å². The highest BCUT2D eigenvalue weighted by Crippen LogP contribution is 2.28. The summed E-state index contributed by atoms with van der Waals surface area (Å²) < 4.78 is 27.0. The molecule has 0 aliphatic carbocycles. The van der Waals surface area contributed by atoms with Gasteiger partial charge in [0.2, 0.25) is 0 Å². The quantitative estimate of drug-likeness (QED) is 0.337. The van der Waals surface area contributed by atoms with Crippen LogP contribution in [0.2, 0.25) is 0 Å². The molecule has 0 spiro atoms. The van der Waals surface area contributed by atoms with Gasteiger partial charge in [-0.2, -0.15) is 15.4 Å². The molecule has 0 saturated heterocycles. The molecule has 0 unspecified atom stereocenters. The Morgan fingerprint density at radius 1 is 0.765 bits per heavy atom. The molecule has 9 nitrogen and oxygen atoms in total. The van der Waals surface area contributed by atoms with Gasteiger partial charge in [0.05, 0.1) is 28.6 Å². The van der Waals surface area contributed by atoms with Crippen LogP contribution < -0.4 is 5.32 Å². The zero-order valence-corrected chi connectivity index (χ0v) is 17.0. The Morgan fingerprint density at radius 3 is 2.06 bits per heavy atom. The highest BCUT2D eigenvalue weighted by atomic mass is 19.2. The van der Waals surface area contributed by atoms with Crippen molar-refractivity contribution in [3.8, 4) is 22.4 Å². The van der Waals surface area contributed by atoms with Crippen LogP contribution in [0.3, 0.4) is 0 Å².